The number of halogens is 1. The van der Waals surface area contributed by atoms with Gasteiger partial charge in [-0.3, -0.25) is 9.59 Å². The standard InChI is InChI=1S/C17H17ClN2O4/c1-10(21)8-14(22)11-6-7-13(20)17(16(11)18)24-9-23-15-5-3-2-4-12(15)19/h2-7H,8-9,19-20H2,1H3. The molecule has 2 aromatic rings. The van der Waals surface area contributed by atoms with Crippen molar-refractivity contribution in [2.45, 2.75) is 13.3 Å². The number of ketones is 2. The number of para-hydroxylation sites is 2. The normalized spacial score (nSPS) is 10.2. The van der Waals surface area contributed by atoms with Crippen LogP contribution in [-0.4, -0.2) is 18.4 Å². The van der Waals surface area contributed by atoms with Crippen molar-refractivity contribution >= 4 is 34.5 Å². The van der Waals surface area contributed by atoms with Crippen molar-refractivity contribution in [3.63, 3.8) is 0 Å². The molecule has 0 fully saturated rings. The minimum absolute atomic E-state index is 0.0471. The third-order valence-corrected chi connectivity index (χ3v) is 3.55. The first kappa shape index (κ1) is 17.6. The maximum Gasteiger partial charge on any atom is 0.231 e. The number of carbonyl (C=O) groups excluding carboxylic acids is 2. The Morgan fingerprint density at radius 3 is 2.42 bits per heavy atom. The van der Waals surface area contributed by atoms with Crippen LogP contribution in [0.5, 0.6) is 11.5 Å². The summed E-state index contributed by atoms with van der Waals surface area (Å²) in [7, 11) is 0. The minimum Gasteiger partial charge on any atom is -0.455 e. The number of hydrogen-bond acceptors (Lipinski definition) is 6. The molecule has 2 rings (SSSR count). The zero-order chi connectivity index (χ0) is 17.7. The second-order valence-corrected chi connectivity index (χ2v) is 5.47. The van der Waals surface area contributed by atoms with Gasteiger partial charge in [0.15, 0.2) is 11.5 Å². The Kier molecular flexibility index (Phi) is 5.65. The molecule has 0 amide bonds. The van der Waals surface area contributed by atoms with Gasteiger partial charge in [0.25, 0.3) is 0 Å². The highest BCUT2D eigenvalue weighted by Crippen LogP contribution is 2.35. The van der Waals surface area contributed by atoms with Crippen LogP contribution in [0.3, 0.4) is 0 Å². The van der Waals surface area contributed by atoms with Gasteiger partial charge in [0.1, 0.15) is 11.5 Å². The molecule has 126 valence electrons. The van der Waals surface area contributed by atoms with E-state index < -0.39 is 5.78 Å². The van der Waals surface area contributed by atoms with Gasteiger partial charge in [-0.25, -0.2) is 0 Å². The number of carbonyl (C=O) groups is 2. The van der Waals surface area contributed by atoms with Gasteiger partial charge >= 0.3 is 0 Å². The first-order chi connectivity index (χ1) is 11.4. The number of rotatable bonds is 7. The molecular formula is C17H17ClN2O4. The number of anilines is 2. The van der Waals surface area contributed by atoms with Crippen LogP contribution in [-0.2, 0) is 4.79 Å². The molecule has 4 N–H and O–H groups in total. The number of benzene rings is 2. The van der Waals surface area contributed by atoms with Crippen molar-refractivity contribution in [3.05, 3.63) is 47.0 Å². The number of nitrogen functional groups attached to an aromatic ring is 2. The van der Waals surface area contributed by atoms with Crippen LogP contribution in [0.25, 0.3) is 0 Å². The lowest BCUT2D eigenvalue weighted by atomic mass is 10.1. The minimum atomic E-state index is -0.398. The molecule has 2 aromatic carbocycles. The Morgan fingerprint density at radius 2 is 1.75 bits per heavy atom. The highest BCUT2D eigenvalue weighted by atomic mass is 35.5. The second kappa shape index (κ2) is 7.70. The first-order valence-electron chi connectivity index (χ1n) is 7.11. The number of hydrogen-bond donors (Lipinski definition) is 2. The summed E-state index contributed by atoms with van der Waals surface area (Å²) in [5, 5.41) is 0.0471. The fourth-order valence-corrected chi connectivity index (χ4v) is 2.35. The number of nitrogens with two attached hydrogens (primary N) is 2. The van der Waals surface area contributed by atoms with E-state index in [-0.39, 0.29) is 41.0 Å². The van der Waals surface area contributed by atoms with Crippen LogP contribution in [0.15, 0.2) is 36.4 Å². The van der Waals surface area contributed by atoms with Gasteiger partial charge in [0, 0.05) is 5.56 Å². The Balaban J connectivity index is 2.13. The Bertz CT molecular complexity index is 777. The molecule has 0 aliphatic carbocycles. The average Bonchev–Trinajstić information content (AvgIpc) is 2.51. The summed E-state index contributed by atoms with van der Waals surface area (Å²) in [5.41, 5.74) is 12.5. The number of Topliss-reactive ketones (excluding diaryl/α,β-unsaturated/α-hetero) is 2. The van der Waals surface area contributed by atoms with Gasteiger partial charge < -0.3 is 20.9 Å². The fourth-order valence-electron chi connectivity index (χ4n) is 2.02. The fraction of sp³-hybridized carbons (Fsp3) is 0.176. The first-order valence-corrected chi connectivity index (χ1v) is 7.48. The summed E-state index contributed by atoms with van der Waals surface area (Å²) in [4.78, 5) is 23.1. The molecule has 0 bridgehead atoms. The molecule has 0 atom stereocenters. The van der Waals surface area contributed by atoms with Crippen molar-refractivity contribution < 1.29 is 19.1 Å². The second-order valence-electron chi connectivity index (χ2n) is 5.09. The van der Waals surface area contributed by atoms with Crippen molar-refractivity contribution in [2.24, 2.45) is 0 Å². The van der Waals surface area contributed by atoms with E-state index in [9.17, 15) is 9.59 Å². The van der Waals surface area contributed by atoms with E-state index in [0.29, 0.717) is 11.4 Å². The van der Waals surface area contributed by atoms with Crippen LogP contribution in [0.1, 0.15) is 23.7 Å². The lowest BCUT2D eigenvalue weighted by Crippen LogP contribution is -2.11. The summed E-state index contributed by atoms with van der Waals surface area (Å²) in [6, 6.07) is 9.89. The average molecular weight is 349 g/mol. The van der Waals surface area contributed by atoms with Crippen LogP contribution >= 0.6 is 11.6 Å². The predicted octanol–water partition coefficient (Wildman–Crippen LogP) is 3.08. The maximum absolute atomic E-state index is 12.0. The molecular weight excluding hydrogens is 332 g/mol. The maximum atomic E-state index is 12.0. The van der Waals surface area contributed by atoms with Crippen LogP contribution in [0.2, 0.25) is 5.02 Å². The summed E-state index contributed by atoms with van der Waals surface area (Å²) < 4.78 is 10.9. The SMILES string of the molecule is CC(=O)CC(=O)c1ccc(N)c(OCOc2ccccc2N)c1Cl. The molecule has 0 heterocycles. The molecule has 7 heteroatoms. The molecule has 0 saturated heterocycles. The third kappa shape index (κ3) is 4.17. The lowest BCUT2D eigenvalue weighted by Gasteiger charge is -2.14. The molecule has 6 nitrogen and oxygen atoms in total. The lowest BCUT2D eigenvalue weighted by molar-refractivity contribution is -0.116. The molecule has 0 aromatic heterocycles. The van der Waals surface area contributed by atoms with E-state index in [1.807, 2.05) is 0 Å². The van der Waals surface area contributed by atoms with Crippen molar-refractivity contribution in [1.82, 2.24) is 0 Å². The Morgan fingerprint density at radius 1 is 1.04 bits per heavy atom. The van der Waals surface area contributed by atoms with Crippen LogP contribution in [0.4, 0.5) is 11.4 Å². The van der Waals surface area contributed by atoms with Crippen molar-refractivity contribution in [3.8, 4) is 11.5 Å². The van der Waals surface area contributed by atoms with E-state index in [1.165, 1.54) is 19.1 Å². The van der Waals surface area contributed by atoms with Gasteiger partial charge in [0.2, 0.25) is 6.79 Å². The monoisotopic (exact) mass is 348 g/mol. The van der Waals surface area contributed by atoms with Crippen molar-refractivity contribution in [1.29, 1.82) is 0 Å². The van der Waals surface area contributed by atoms with Crippen LogP contribution < -0.4 is 20.9 Å². The highest BCUT2D eigenvalue weighted by Gasteiger charge is 2.18. The molecule has 0 spiro atoms. The molecule has 0 aliphatic rings. The summed E-state index contributed by atoms with van der Waals surface area (Å²) in [6.45, 7) is 1.14. The third-order valence-electron chi connectivity index (χ3n) is 3.17. The number of ether oxygens (including phenoxy) is 2. The van der Waals surface area contributed by atoms with Crippen molar-refractivity contribution in [2.75, 3.05) is 18.3 Å². The molecule has 24 heavy (non-hydrogen) atoms. The smallest absolute Gasteiger partial charge is 0.231 e. The quantitative estimate of drug-likeness (QED) is 0.345. The Labute approximate surface area is 144 Å². The molecule has 0 unspecified atom stereocenters. The summed E-state index contributed by atoms with van der Waals surface area (Å²) in [6.07, 6.45) is -0.236. The van der Waals surface area contributed by atoms with E-state index in [0.717, 1.165) is 0 Å². The van der Waals surface area contributed by atoms with E-state index in [2.05, 4.69) is 0 Å². The summed E-state index contributed by atoms with van der Waals surface area (Å²) in [5.74, 6) is -0.0691. The van der Waals surface area contributed by atoms with Gasteiger partial charge in [-0.2, -0.15) is 0 Å². The molecule has 0 radical (unpaired) electrons. The highest BCUT2D eigenvalue weighted by molar-refractivity contribution is 6.36. The Hall–Kier alpha value is -2.73. The zero-order valence-electron chi connectivity index (χ0n) is 13.0. The predicted molar refractivity (Wildman–Crippen MR) is 92.5 cm³/mol. The van der Waals surface area contributed by atoms with Gasteiger partial charge in [-0.05, 0) is 31.2 Å². The van der Waals surface area contributed by atoms with Crippen LogP contribution in [0, 0.1) is 0 Å². The summed E-state index contributed by atoms with van der Waals surface area (Å²) >= 11 is 6.19. The largest absolute Gasteiger partial charge is 0.455 e. The topological polar surface area (TPSA) is 105 Å². The van der Waals surface area contributed by atoms with E-state index >= 15 is 0 Å². The molecule has 0 aliphatic heterocycles. The zero-order valence-corrected chi connectivity index (χ0v) is 13.8. The van der Waals surface area contributed by atoms with Gasteiger partial charge in [-0.1, -0.05) is 23.7 Å². The van der Waals surface area contributed by atoms with Gasteiger partial charge in [0.05, 0.1) is 22.8 Å². The van der Waals surface area contributed by atoms with Gasteiger partial charge in [-0.15, -0.1) is 0 Å². The van der Waals surface area contributed by atoms with E-state index in [4.69, 9.17) is 32.5 Å². The van der Waals surface area contributed by atoms with E-state index in [1.54, 1.807) is 24.3 Å². The molecule has 0 saturated carbocycles.